The van der Waals surface area contributed by atoms with Gasteiger partial charge < -0.3 is 14.6 Å². The molecule has 2 rings (SSSR count). The SMILES string of the molecule is CNCc1nccn1-c1ccc(OC)c(C)c1. The Hall–Kier alpha value is -1.81. The van der Waals surface area contributed by atoms with Crippen LogP contribution in [0.25, 0.3) is 5.69 Å². The van der Waals surface area contributed by atoms with Gasteiger partial charge in [-0.2, -0.15) is 0 Å². The van der Waals surface area contributed by atoms with E-state index < -0.39 is 0 Å². The minimum atomic E-state index is 0.748. The molecule has 0 aliphatic rings. The average molecular weight is 231 g/mol. The summed E-state index contributed by atoms with van der Waals surface area (Å²) in [5.41, 5.74) is 2.22. The van der Waals surface area contributed by atoms with Crippen LogP contribution in [0.3, 0.4) is 0 Å². The molecule has 1 N–H and O–H groups in total. The third-order valence-corrected chi connectivity index (χ3v) is 2.71. The Bertz CT molecular complexity index is 505. The second kappa shape index (κ2) is 5.01. The quantitative estimate of drug-likeness (QED) is 0.873. The lowest BCUT2D eigenvalue weighted by Crippen LogP contribution is -2.11. The highest BCUT2D eigenvalue weighted by atomic mass is 16.5. The number of hydrogen-bond donors (Lipinski definition) is 1. The maximum atomic E-state index is 5.26. The minimum absolute atomic E-state index is 0.748. The molecule has 0 atom stereocenters. The zero-order valence-corrected chi connectivity index (χ0v) is 10.4. The topological polar surface area (TPSA) is 39.1 Å². The van der Waals surface area contributed by atoms with Gasteiger partial charge >= 0.3 is 0 Å². The van der Waals surface area contributed by atoms with Crippen LogP contribution < -0.4 is 10.1 Å². The number of rotatable bonds is 4. The number of aromatic nitrogens is 2. The fourth-order valence-corrected chi connectivity index (χ4v) is 1.87. The summed E-state index contributed by atoms with van der Waals surface area (Å²) in [6.45, 7) is 2.79. The van der Waals surface area contributed by atoms with E-state index in [9.17, 15) is 0 Å². The molecule has 1 aromatic carbocycles. The smallest absolute Gasteiger partial charge is 0.127 e. The lowest BCUT2D eigenvalue weighted by molar-refractivity contribution is 0.411. The van der Waals surface area contributed by atoms with E-state index in [1.54, 1.807) is 7.11 Å². The molecule has 1 heterocycles. The molecule has 0 aliphatic carbocycles. The lowest BCUT2D eigenvalue weighted by Gasteiger charge is -2.10. The minimum Gasteiger partial charge on any atom is -0.496 e. The van der Waals surface area contributed by atoms with E-state index in [0.29, 0.717) is 0 Å². The molecule has 0 spiro atoms. The third-order valence-electron chi connectivity index (χ3n) is 2.71. The van der Waals surface area contributed by atoms with Crippen LogP contribution in [-0.2, 0) is 6.54 Å². The van der Waals surface area contributed by atoms with Crippen molar-refractivity contribution in [2.24, 2.45) is 0 Å². The molecule has 1 aromatic heterocycles. The van der Waals surface area contributed by atoms with Crippen LogP contribution in [-0.4, -0.2) is 23.7 Å². The molecular formula is C13H17N3O. The van der Waals surface area contributed by atoms with E-state index in [1.807, 2.05) is 38.5 Å². The maximum absolute atomic E-state index is 5.26. The standard InChI is InChI=1S/C13H17N3O/c1-10-8-11(4-5-12(10)17-3)16-7-6-15-13(16)9-14-2/h4-8,14H,9H2,1-3H3. The van der Waals surface area contributed by atoms with Gasteiger partial charge in [-0.25, -0.2) is 4.98 Å². The van der Waals surface area contributed by atoms with Crippen molar-refractivity contribution in [3.05, 3.63) is 42.0 Å². The largest absolute Gasteiger partial charge is 0.496 e. The van der Waals surface area contributed by atoms with Crippen molar-refractivity contribution >= 4 is 0 Å². The summed E-state index contributed by atoms with van der Waals surface area (Å²) >= 11 is 0. The highest BCUT2D eigenvalue weighted by molar-refractivity contribution is 5.44. The van der Waals surface area contributed by atoms with Crippen molar-refractivity contribution in [1.82, 2.24) is 14.9 Å². The predicted molar refractivity (Wildman–Crippen MR) is 67.6 cm³/mol. The van der Waals surface area contributed by atoms with Crippen molar-refractivity contribution in [3.63, 3.8) is 0 Å². The summed E-state index contributed by atoms with van der Waals surface area (Å²) in [5.74, 6) is 1.90. The molecule has 17 heavy (non-hydrogen) atoms. The zero-order valence-electron chi connectivity index (χ0n) is 10.4. The Balaban J connectivity index is 2.39. The third kappa shape index (κ3) is 2.31. The van der Waals surface area contributed by atoms with Crippen LogP contribution in [0.15, 0.2) is 30.6 Å². The second-order valence-electron chi connectivity index (χ2n) is 3.90. The van der Waals surface area contributed by atoms with Crippen LogP contribution in [0.2, 0.25) is 0 Å². The maximum Gasteiger partial charge on any atom is 0.127 e. The first kappa shape index (κ1) is 11.7. The van der Waals surface area contributed by atoms with E-state index in [2.05, 4.69) is 20.9 Å². The Morgan fingerprint density at radius 2 is 2.24 bits per heavy atom. The van der Waals surface area contributed by atoms with Gasteiger partial charge in [0.05, 0.1) is 13.7 Å². The molecule has 0 bridgehead atoms. The molecule has 0 radical (unpaired) electrons. The summed E-state index contributed by atoms with van der Waals surface area (Å²) in [4.78, 5) is 4.32. The van der Waals surface area contributed by atoms with E-state index >= 15 is 0 Å². The van der Waals surface area contributed by atoms with Gasteiger partial charge in [-0.3, -0.25) is 0 Å². The Morgan fingerprint density at radius 3 is 2.88 bits per heavy atom. The van der Waals surface area contributed by atoms with Crippen molar-refractivity contribution in [1.29, 1.82) is 0 Å². The van der Waals surface area contributed by atoms with E-state index in [-0.39, 0.29) is 0 Å². The molecule has 0 amide bonds. The van der Waals surface area contributed by atoms with Gasteiger partial charge in [-0.05, 0) is 37.7 Å². The summed E-state index contributed by atoms with van der Waals surface area (Å²) < 4.78 is 7.33. The van der Waals surface area contributed by atoms with Gasteiger partial charge in [0, 0.05) is 18.1 Å². The number of aryl methyl sites for hydroxylation is 1. The highest BCUT2D eigenvalue weighted by Gasteiger charge is 2.06. The molecule has 4 heteroatoms. The predicted octanol–water partition coefficient (Wildman–Crippen LogP) is 1.91. The van der Waals surface area contributed by atoms with Crippen LogP contribution in [0.4, 0.5) is 0 Å². The van der Waals surface area contributed by atoms with Gasteiger partial charge in [0.1, 0.15) is 11.6 Å². The van der Waals surface area contributed by atoms with Crippen molar-refractivity contribution in [2.45, 2.75) is 13.5 Å². The van der Waals surface area contributed by atoms with Crippen LogP contribution in [0.1, 0.15) is 11.4 Å². The van der Waals surface area contributed by atoms with Crippen molar-refractivity contribution in [3.8, 4) is 11.4 Å². The number of nitrogens with zero attached hydrogens (tertiary/aromatic N) is 2. The fraction of sp³-hybridized carbons (Fsp3) is 0.308. The first-order chi connectivity index (χ1) is 8.26. The van der Waals surface area contributed by atoms with Gasteiger partial charge in [-0.15, -0.1) is 0 Å². The van der Waals surface area contributed by atoms with Gasteiger partial charge in [0.2, 0.25) is 0 Å². The van der Waals surface area contributed by atoms with Gasteiger partial charge in [0.15, 0.2) is 0 Å². The molecular weight excluding hydrogens is 214 g/mol. The Morgan fingerprint density at radius 1 is 1.41 bits per heavy atom. The monoisotopic (exact) mass is 231 g/mol. The lowest BCUT2D eigenvalue weighted by atomic mass is 10.2. The molecule has 0 unspecified atom stereocenters. The van der Waals surface area contributed by atoms with E-state index in [0.717, 1.165) is 29.4 Å². The molecule has 0 fully saturated rings. The number of ether oxygens (including phenoxy) is 1. The van der Waals surface area contributed by atoms with Crippen LogP contribution >= 0.6 is 0 Å². The number of hydrogen-bond acceptors (Lipinski definition) is 3. The molecule has 0 aliphatic heterocycles. The van der Waals surface area contributed by atoms with E-state index in [1.165, 1.54) is 0 Å². The molecule has 0 saturated heterocycles. The number of methoxy groups -OCH3 is 1. The zero-order chi connectivity index (χ0) is 12.3. The fourth-order valence-electron chi connectivity index (χ4n) is 1.87. The Labute approximate surface area is 101 Å². The normalized spacial score (nSPS) is 10.5. The molecule has 2 aromatic rings. The van der Waals surface area contributed by atoms with Crippen molar-refractivity contribution < 1.29 is 4.74 Å². The number of nitrogens with one attached hydrogen (secondary N) is 1. The molecule has 90 valence electrons. The highest BCUT2D eigenvalue weighted by Crippen LogP contribution is 2.21. The van der Waals surface area contributed by atoms with Gasteiger partial charge in [0.25, 0.3) is 0 Å². The van der Waals surface area contributed by atoms with Crippen LogP contribution in [0.5, 0.6) is 5.75 Å². The summed E-state index contributed by atoms with van der Waals surface area (Å²) in [6.07, 6.45) is 3.78. The summed E-state index contributed by atoms with van der Waals surface area (Å²) in [7, 11) is 3.60. The van der Waals surface area contributed by atoms with Crippen molar-refractivity contribution in [2.75, 3.05) is 14.2 Å². The second-order valence-corrected chi connectivity index (χ2v) is 3.90. The van der Waals surface area contributed by atoms with E-state index in [4.69, 9.17) is 4.74 Å². The summed E-state index contributed by atoms with van der Waals surface area (Å²) in [5, 5.41) is 3.11. The average Bonchev–Trinajstić information content (AvgIpc) is 2.78. The number of imidazole rings is 1. The number of benzene rings is 1. The Kier molecular flexibility index (Phi) is 3.44. The molecule has 4 nitrogen and oxygen atoms in total. The van der Waals surface area contributed by atoms with Gasteiger partial charge in [-0.1, -0.05) is 0 Å². The first-order valence-electron chi connectivity index (χ1n) is 5.58. The summed E-state index contributed by atoms with van der Waals surface area (Å²) in [6, 6.07) is 6.11. The first-order valence-corrected chi connectivity index (χ1v) is 5.58. The van der Waals surface area contributed by atoms with Crippen LogP contribution in [0, 0.1) is 6.92 Å². The molecule has 0 saturated carbocycles.